The number of nitrogens with zero attached hydrogens (tertiary/aromatic N) is 2. The number of hydrogen-bond acceptors (Lipinski definition) is 5. The summed E-state index contributed by atoms with van der Waals surface area (Å²) in [5.74, 6) is -1.49. The minimum absolute atomic E-state index is 0.0540. The Morgan fingerprint density at radius 1 is 1.40 bits per heavy atom. The van der Waals surface area contributed by atoms with Crippen LogP contribution in [0.1, 0.15) is 24.2 Å². The zero-order valence-electron chi connectivity index (χ0n) is 10.7. The van der Waals surface area contributed by atoms with Gasteiger partial charge in [0, 0.05) is 12.5 Å². The Hall–Kier alpha value is -2.31. The second kappa shape index (κ2) is 6.23. The maximum absolute atomic E-state index is 13.5. The summed E-state index contributed by atoms with van der Waals surface area (Å²) in [7, 11) is 0. The highest BCUT2D eigenvalue weighted by Gasteiger charge is 2.13. The van der Waals surface area contributed by atoms with E-state index in [1.54, 1.807) is 6.92 Å². The highest BCUT2D eigenvalue weighted by atomic mass is 19.1. The van der Waals surface area contributed by atoms with Gasteiger partial charge in [0.05, 0.1) is 6.61 Å². The van der Waals surface area contributed by atoms with Crippen LogP contribution in [-0.2, 0) is 22.4 Å². The Bertz CT molecular complexity index is 613. The number of carbonyl (C=O) groups excluding carboxylic acids is 1. The maximum atomic E-state index is 13.5. The van der Waals surface area contributed by atoms with Gasteiger partial charge in [-0.15, -0.1) is 0 Å². The molecule has 0 bridgehead atoms. The third-order valence-corrected chi connectivity index (χ3v) is 2.47. The van der Waals surface area contributed by atoms with Crippen molar-refractivity contribution < 1.29 is 22.8 Å². The molecule has 2 rings (SSSR count). The van der Waals surface area contributed by atoms with Gasteiger partial charge in [0.15, 0.2) is 5.82 Å². The normalized spacial score (nSPS) is 10.6. The lowest BCUT2D eigenvalue weighted by Crippen LogP contribution is -2.07. The summed E-state index contributed by atoms with van der Waals surface area (Å²) in [6.07, 6.45) is -0.0782. The van der Waals surface area contributed by atoms with Crippen LogP contribution in [-0.4, -0.2) is 22.7 Å². The lowest BCUT2D eigenvalue weighted by atomic mass is 10.1. The number of carbonyl (C=O) groups is 1. The number of esters is 1. The second-order valence-electron chi connectivity index (χ2n) is 4.00. The third kappa shape index (κ3) is 3.59. The summed E-state index contributed by atoms with van der Waals surface area (Å²) in [6.45, 7) is 1.95. The molecule has 1 heterocycles. The number of aromatic nitrogens is 2. The molecule has 0 aliphatic carbocycles. The predicted molar refractivity (Wildman–Crippen MR) is 63.8 cm³/mol. The fourth-order valence-corrected chi connectivity index (χ4v) is 1.60. The molecule has 0 aliphatic heterocycles. The van der Waals surface area contributed by atoms with Gasteiger partial charge >= 0.3 is 5.97 Å². The van der Waals surface area contributed by atoms with E-state index in [-0.39, 0.29) is 36.7 Å². The molecule has 5 nitrogen and oxygen atoms in total. The molecular formula is C13H12F2N2O3. The standard InChI is InChI=1S/C13H12F2N2O3/c1-2-19-13(18)7-12-16-11(17-20-12)5-8-3-4-9(14)6-10(8)15/h3-4,6H,2,5,7H2,1H3. The molecule has 106 valence electrons. The molecule has 0 saturated carbocycles. The number of benzene rings is 1. The van der Waals surface area contributed by atoms with E-state index in [1.807, 2.05) is 0 Å². The smallest absolute Gasteiger partial charge is 0.315 e. The van der Waals surface area contributed by atoms with Gasteiger partial charge in [-0.25, -0.2) is 8.78 Å². The molecule has 1 aromatic carbocycles. The van der Waals surface area contributed by atoms with Crippen molar-refractivity contribution in [3.05, 3.63) is 47.1 Å². The molecule has 2 aromatic rings. The highest BCUT2D eigenvalue weighted by molar-refractivity contribution is 5.71. The predicted octanol–water partition coefficient (Wildman–Crippen LogP) is 2.04. The van der Waals surface area contributed by atoms with E-state index in [0.29, 0.717) is 0 Å². The van der Waals surface area contributed by atoms with E-state index in [1.165, 1.54) is 6.07 Å². The van der Waals surface area contributed by atoms with Crippen molar-refractivity contribution in [2.24, 2.45) is 0 Å². The average molecular weight is 282 g/mol. The lowest BCUT2D eigenvalue weighted by Gasteiger charge is -1.99. The summed E-state index contributed by atoms with van der Waals surface area (Å²) >= 11 is 0. The van der Waals surface area contributed by atoms with Crippen LogP contribution < -0.4 is 0 Å². The summed E-state index contributed by atoms with van der Waals surface area (Å²) < 4.78 is 35.8. The topological polar surface area (TPSA) is 65.2 Å². The number of ether oxygens (including phenoxy) is 1. The zero-order valence-corrected chi connectivity index (χ0v) is 10.7. The summed E-state index contributed by atoms with van der Waals surface area (Å²) in [4.78, 5) is 15.2. The van der Waals surface area contributed by atoms with Crippen molar-refractivity contribution in [1.82, 2.24) is 10.1 Å². The molecule has 7 heteroatoms. The minimum Gasteiger partial charge on any atom is -0.466 e. The van der Waals surface area contributed by atoms with E-state index in [9.17, 15) is 13.6 Å². The number of rotatable bonds is 5. The first-order valence-electron chi connectivity index (χ1n) is 5.99. The number of halogens is 2. The van der Waals surface area contributed by atoms with Gasteiger partial charge < -0.3 is 9.26 Å². The van der Waals surface area contributed by atoms with Crippen molar-refractivity contribution in [3.8, 4) is 0 Å². The molecule has 0 unspecified atom stereocenters. The molecule has 0 saturated heterocycles. The monoisotopic (exact) mass is 282 g/mol. The second-order valence-corrected chi connectivity index (χ2v) is 4.00. The summed E-state index contributed by atoms with van der Waals surface area (Å²) in [6, 6.07) is 3.25. The molecule has 0 amide bonds. The fraction of sp³-hybridized carbons (Fsp3) is 0.308. The van der Waals surface area contributed by atoms with Gasteiger partial charge in [-0.05, 0) is 18.6 Å². The van der Waals surface area contributed by atoms with Crippen LogP contribution >= 0.6 is 0 Å². The van der Waals surface area contributed by atoms with Crippen molar-refractivity contribution in [2.75, 3.05) is 6.61 Å². The van der Waals surface area contributed by atoms with E-state index in [4.69, 9.17) is 9.26 Å². The van der Waals surface area contributed by atoms with Gasteiger partial charge in [-0.1, -0.05) is 11.2 Å². The van der Waals surface area contributed by atoms with Crippen molar-refractivity contribution in [3.63, 3.8) is 0 Å². The van der Waals surface area contributed by atoms with Crippen LogP contribution in [0.15, 0.2) is 22.7 Å². The minimum atomic E-state index is -0.679. The third-order valence-electron chi connectivity index (χ3n) is 2.47. The van der Waals surface area contributed by atoms with E-state index in [0.717, 1.165) is 12.1 Å². The Morgan fingerprint density at radius 3 is 2.90 bits per heavy atom. The molecule has 0 N–H and O–H groups in total. The largest absolute Gasteiger partial charge is 0.466 e. The van der Waals surface area contributed by atoms with E-state index < -0.39 is 17.6 Å². The SMILES string of the molecule is CCOC(=O)Cc1nc(Cc2ccc(F)cc2F)no1. The fourth-order valence-electron chi connectivity index (χ4n) is 1.60. The molecule has 0 atom stereocenters. The molecule has 0 aliphatic rings. The van der Waals surface area contributed by atoms with Crippen LogP contribution in [0.5, 0.6) is 0 Å². The maximum Gasteiger partial charge on any atom is 0.315 e. The first-order valence-corrected chi connectivity index (χ1v) is 5.99. The molecular weight excluding hydrogens is 270 g/mol. The Labute approximate surface area is 113 Å². The highest BCUT2D eigenvalue weighted by Crippen LogP contribution is 2.13. The Balaban J connectivity index is 2.04. The van der Waals surface area contributed by atoms with Crippen molar-refractivity contribution in [2.45, 2.75) is 19.8 Å². The first kappa shape index (κ1) is 14.1. The summed E-state index contributed by atoms with van der Waals surface area (Å²) in [5.41, 5.74) is 0.245. The van der Waals surface area contributed by atoms with Crippen LogP contribution in [0.25, 0.3) is 0 Å². The van der Waals surface area contributed by atoms with Crippen molar-refractivity contribution >= 4 is 5.97 Å². The van der Waals surface area contributed by atoms with Gasteiger partial charge in [-0.3, -0.25) is 4.79 Å². The van der Waals surface area contributed by atoms with Gasteiger partial charge in [0.2, 0.25) is 5.89 Å². The first-order chi connectivity index (χ1) is 9.58. The van der Waals surface area contributed by atoms with Gasteiger partial charge in [0.25, 0.3) is 0 Å². The van der Waals surface area contributed by atoms with Crippen molar-refractivity contribution in [1.29, 1.82) is 0 Å². The van der Waals surface area contributed by atoms with Crippen LogP contribution in [0.3, 0.4) is 0 Å². The lowest BCUT2D eigenvalue weighted by molar-refractivity contribution is -0.142. The van der Waals surface area contributed by atoms with Crippen LogP contribution in [0.4, 0.5) is 8.78 Å². The Kier molecular flexibility index (Phi) is 4.39. The van der Waals surface area contributed by atoms with E-state index in [2.05, 4.69) is 10.1 Å². The molecule has 0 radical (unpaired) electrons. The molecule has 1 aromatic heterocycles. The van der Waals surface area contributed by atoms with Crippen LogP contribution in [0.2, 0.25) is 0 Å². The Morgan fingerprint density at radius 2 is 2.20 bits per heavy atom. The molecule has 20 heavy (non-hydrogen) atoms. The average Bonchev–Trinajstić information content (AvgIpc) is 2.80. The van der Waals surface area contributed by atoms with Gasteiger partial charge in [-0.2, -0.15) is 4.98 Å². The van der Waals surface area contributed by atoms with Crippen LogP contribution in [0, 0.1) is 11.6 Å². The molecule has 0 spiro atoms. The van der Waals surface area contributed by atoms with Gasteiger partial charge in [0.1, 0.15) is 18.1 Å². The quantitative estimate of drug-likeness (QED) is 0.785. The molecule has 0 fully saturated rings. The zero-order chi connectivity index (χ0) is 14.5. The number of hydrogen-bond donors (Lipinski definition) is 0. The summed E-state index contributed by atoms with van der Waals surface area (Å²) in [5, 5.41) is 3.63. The van der Waals surface area contributed by atoms with E-state index >= 15 is 0 Å².